The Bertz CT molecular complexity index is 949. The SMILES string of the molecule is COCC(=O)Nc1cccc(NC(=O)c2cc(OCC(F)(F)F)ccc2[N+](=O)[O-])c1. The Morgan fingerprint density at radius 1 is 1.10 bits per heavy atom. The first-order chi connectivity index (χ1) is 14.1. The highest BCUT2D eigenvalue weighted by atomic mass is 19.4. The topological polar surface area (TPSA) is 120 Å². The minimum Gasteiger partial charge on any atom is -0.484 e. The van der Waals surface area contributed by atoms with Crippen molar-refractivity contribution in [1.29, 1.82) is 0 Å². The summed E-state index contributed by atoms with van der Waals surface area (Å²) in [5.74, 6) is -1.74. The maximum Gasteiger partial charge on any atom is 0.422 e. The average Bonchev–Trinajstić information content (AvgIpc) is 2.66. The molecule has 12 heteroatoms. The van der Waals surface area contributed by atoms with Crippen LogP contribution < -0.4 is 15.4 Å². The quantitative estimate of drug-likeness (QED) is 0.492. The van der Waals surface area contributed by atoms with Crippen LogP contribution in [0.15, 0.2) is 42.5 Å². The van der Waals surface area contributed by atoms with Crippen molar-refractivity contribution in [3.63, 3.8) is 0 Å². The smallest absolute Gasteiger partial charge is 0.422 e. The first-order valence-corrected chi connectivity index (χ1v) is 8.27. The van der Waals surface area contributed by atoms with Gasteiger partial charge in [0.1, 0.15) is 17.9 Å². The number of hydrogen-bond acceptors (Lipinski definition) is 6. The molecule has 2 rings (SSSR count). The number of nitrogens with zero attached hydrogens (tertiary/aromatic N) is 1. The van der Waals surface area contributed by atoms with Gasteiger partial charge in [0.15, 0.2) is 6.61 Å². The van der Waals surface area contributed by atoms with Crippen LogP contribution in [0.25, 0.3) is 0 Å². The predicted octanol–water partition coefficient (Wildman–Crippen LogP) is 3.37. The molecule has 0 spiro atoms. The molecule has 2 aromatic carbocycles. The van der Waals surface area contributed by atoms with Crippen molar-refractivity contribution in [2.75, 3.05) is 31.0 Å². The number of nitro benzene ring substituents is 1. The maximum atomic E-state index is 12.5. The Labute approximate surface area is 167 Å². The lowest BCUT2D eigenvalue weighted by Crippen LogP contribution is -2.20. The normalized spacial score (nSPS) is 10.9. The fourth-order valence-electron chi connectivity index (χ4n) is 2.31. The third-order valence-electron chi connectivity index (χ3n) is 3.49. The Balaban J connectivity index is 2.22. The van der Waals surface area contributed by atoms with Gasteiger partial charge in [-0.25, -0.2) is 0 Å². The van der Waals surface area contributed by atoms with Crippen LogP contribution in [-0.4, -0.2) is 43.2 Å². The van der Waals surface area contributed by atoms with Gasteiger partial charge in [-0.1, -0.05) is 6.07 Å². The average molecular weight is 427 g/mol. The Kier molecular flexibility index (Phi) is 7.31. The lowest BCUT2D eigenvalue weighted by Gasteiger charge is -2.11. The monoisotopic (exact) mass is 427 g/mol. The van der Waals surface area contributed by atoms with Crippen molar-refractivity contribution in [2.45, 2.75) is 6.18 Å². The zero-order chi connectivity index (χ0) is 22.3. The van der Waals surface area contributed by atoms with Gasteiger partial charge in [0.05, 0.1) is 4.92 Å². The summed E-state index contributed by atoms with van der Waals surface area (Å²) < 4.78 is 46.2. The summed E-state index contributed by atoms with van der Waals surface area (Å²) in [5.41, 5.74) is -0.595. The molecule has 0 aliphatic heterocycles. The molecule has 0 saturated carbocycles. The number of carbonyl (C=O) groups excluding carboxylic acids is 2. The number of nitro groups is 1. The second-order valence-electron chi connectivity index (χ2n) is 5.86. The number of benzene rings is 2. The van der Waals surface area contributed by atoms with E-state index in [1.54, 1.807) is 0 Å². The van der Waals surface area contributed by atoms with Gasteiger partial charge < -0.3 is 20.1 Å². The van der Waals surface area contributed by atoms with Crippen LogP contribution in [-0.2, 0) is 9.53 Å². The van der Waals surface area contributed by atoms with E-state index in [0.29, 0.717) is 5.69 Å². The van der Waals surface area contributed by atoms with Crippen molar-refractivity contribution in [2.24, 2.45) is 0 Å². The van der Waals surface area contributed by atoms with E-state index >= 15 is 0 Å². The summed E-state index contributed by atoms with van der Waals surface area (Å²) in [6.07, 6.45) is -4.61. The number of methoxy groups -OCH3 is 1. The molecule has 0 aliphatic carbocycles. The van der Waals surface area contributed by atoms with E-state index in [1.165, 1.54) is 31.4 Å². The van der Waals surface area contributed by atoms with Crippen LogP contribution in [0.2, 0.25) is 0 Å². The summed E-state index contributed by atoms with van der Waals surface area (Å²) in [6, 6.07) is 8.59. The Morgan fingerprint density at radius 2 is 1.77 bits per heavy atom. The van der Waals surface area contributed by atoms with Gasteiger partial charge in [-0.05, 0) is 30.3 Å². The lowest BCUT2D eigenvalue weighted by molar-refractivity contribution is -0.385. The minimum absolute atomic E-state index is 0.186. The summed E-state index contributed by atoms with van der Waals surface area (Å²) in [4.78, 5) is 34.4. The maximum absolute atomic E-state index is 12.5. The van der Waals surface area contributed by atoms with Gasteiger partial charge in [0.25, 0.3) is 11.6 Å². The van der Waals surface area contributed by atoms with Gasteiger partial charge >= 0.3 is 6.18 Å². The summed E-state index contributed by atoms with van der Waals surface area (Å²) >= 11 is 0. The molecule has 0 unspecified atom stereocenters. The zero-order valence-electron chi connectivity index (χ0n) is 15.5. The number of nitrogens with one attached hydrogen (secondary N) is 2. The molecule has 2 amide bonds. The molecule has 0 aromatic heterocycles. The lowest BCUT2D eigenvalue weighted by atomic mass is 10.1. The van der Waals surface area contributed by atoms with E-state index in [1.807, 2.05) is 0 Å². The number of rotatable bonds is 8. The van der Waals surface area contributed by atoms with Crippen LogP contribution in [0.5, 0.6) is 5.75 Å². The minimum atomic E-state index is -4.61. The fraction of sp³-hybridized carbons (Fsp3) is 0.222. The van der Waals surface area contributed by atoms with Crippen LogP contribution in [0.3, 0.4) is 0 Å². The third-order valence-corrected chi connectivity index (χ3v) is 3.49. The third kappa shape index (κ3) is 6.74. The number of hydrogen-bond donors (Lipinski definition) is 2. The highest BCUT2D eigenvalue weighted by molar-refractivity contribution is 6.07. The van der Waals surface area contributed by atoms with Crippen molar-refractivity contribution < 1.29 is 37.2 Å². The zero-order valence-corrected chi connectivity index (χ0v) is 15.5. The number of anilines is 2. The van der Waals surface area contributed by atoms with E-state index in [4.69, 9.17) is 0 Å². The van der Waals surface area contributed by atoms with E-state index in [9.17, 15) is 32.9 Å². The van der Waals surface area contributed by atoms with Crippen molar-refractivity contribution in [3.05, 3.63) is 58.1 Å². The van der Waals surface area contributed by atoms with E-state index in [-0.39, 0.29) is 18.0 Å². The molecule has 9 nitrogen and oxygen atoms in total. The number of amides is 2. The summed E-state index contributed by atoms with van der Waals surface area (Å²) in [6.45, 7) is -1.80. The molecule has 0 heterocycles. The molecule has 30 heavy (non-hydrogen) atoms. The van der Waals surface area contributed by atoms with Gasteiger partial charge in [-0.2, -0.15) is 13.2 Å². The number of ether oxygens (including phenoxy) is 2. The highest BCUT2D eigenvalue weighted by Gasteiger charge is 2.29. The Hall–Kier alpha value is -3.67. The number of carbonyl (C=O) groups is 2. The Morgan fingerprint density at radius 3 is 2.37 bits per heavy atom. The summed E-state index contributed by atoms with van der Waals surface area (Å²) in [5, 5.41) is 16.1. The molecule has 2 aromatic rings. The van der Waals surface area contributed by atoms with Crippen molar-refractivity contribution >= 4 is 28.9 Å². The molecular weight excluding hydrogens is 411 g/mol. The molecular formula is C18H16F3N3O6. The summed E-state index contributed by atoms with van der Waals surface area (Å²) in [7, 11) is 1.34. The molecule has 160 valence electrons. The molecule has 0 aliphatic rings. The predicted molar refractivity (Wildman–Crippen MR) is 99.5 cm³/mol. The number of halogens is 3. The van der Waals surface area contributed by atoms with Gasteiger partial charge in [-0.3, -0.25) is 19.7 Å². The molecule has 0 bridgehead atoms. The van der Waals surface area contributed by atoms with E-state index in [0.717, 1.165) is 18.2 Å². The second-order valence-corrected chi connectivity index (χ2v) is 5.86. The largest absolute Gasteiger partial charge is 0.484 e. The van der Waals surface area contributed by atoms with Crippen LogP contribution in [0.1, 0.15) is 10.4 Å². The van der Waals surface area contributed by atoms with Crippen LogP contribution >= 0.6 is 0 Å². The molecule has 0 fully saturated rings. The fourth-order valence-corrected chi connectivity index (χ4v) is 2.31. The second kappa shape index (κ2) is 9.69. The van der Waals surface area contributed by atoms with Crippen LogP contribution in [0.4, 0.5) is 30.2 Å². The molecule has 2 N–H and O–H groups in total. The van der Waals surface area contributed by atoms with Crippen molar-refractivity contribution in [1.82, 2.24) is 0 Å². The van der Waals surface area contributed by atoms with Crippen molar-refractivity contribution in [3.8, 4) is 5.75 Å². The van der Waals surface area contributed by atoms with Gasteiger partial charge in [-0.15, -0.1) is 0 Å². The molecule has 0 atom stereocenters. The highest BCUT2D eigenvalue weighted by Crippen LogP contribution is 2.27. The van der Waals surface area contributed by atoms with Gasteiger partial charge in [0, 0.05) is 24.6 Å². The van der Waals surface area contributed by atoms with Gasteiger partial charge in [0.2, 0.25) is 5.91 Å². The molecule has 0 saturated heterocycles. The standard InChI is InChI=1S/C18H16F3N3O6/c1-29-9-16(25)22-11-3-2-4-12(7-11)23-17(26)14-8-13(30-10-18(19,20)21)5-6-15(14)24(27)28/h2-8H,9-10H2,1H3,(H,22,25)(H,23,26). The van der Waals surface area contributed by atoms with E-state index < -0.39 is 40.8 Å². The first kappa shape index (κ1) is 22.6. The number of alkyl halides is 3. The van der Waals surface area contributed by atoms with Crippen LogP contribution in [0, 0.1) is 10.1 Å². The van der Waals surface area contributed by atoms with E-state index in [2.05, 4.69) is 20.1 Å². The first-order valence-electron chi connectivity index (χ1n) is 8.27. The molecule has 0 radical (unpaired) electrons.